The second-order valence-electron chi connectivity index (χ2n) is 6.41. The van der Waals surface area contributed by atoms with Crippen LogP contribution in [-0.4, -0.2) is 40.5 Å². The number of benzene rings is 1. The number of hydrogen-bond acceptors (Lipinski definition) is 3. The lowest BCUT2D eigenvalue weighted by Crippen LogP contribution is -3.14. The minimum absolute atomic E-state index is 0.691. The van der Waals surface area contributed by atoms with Crippen LogP contribution in [0.1, 0.15) is 0 Å². The Morgan fingerprint density at radius 1 is 1.15 bits per heavy atom. The monoisotopic (exact) mass is 388 g/mol. The first-order valence-electron chi connectivity index (χ1n) is 8.66. The smallest absolute Gasteiger partial charge is 0.274 e. The van der Waals surface area contributed by atoms with E-state index >= 15 is 0 Å². The molecule has 0 unspecified atom stereocenters. The maximum Gasteiger partial charge on any atom is 0.274 e. The van der Waals surface area contributed by atoms with Gasteiger partial charge in [0.05, 0.1) is 11.9 Å². The first-order chi connectivity index (χ1) is 12.7. The summed E-state index contributed by atoms with van der Waals surface area (Å²) in [6, 6.07) is 13.8. The number of aromatic amines is 1. The van der Waals surface area contributed by atoms with Crippen molar-refractivity contribution in [3.05, 3.63) is 64.8 Å². The standard InChI is InChI=1S/C18H19ClN6S/c19-15-4-3-5-16(12-15)24-13-21-25(18(24)26)14-22-8-10-23(11-9-22)17-6-1-2-7-20-17/h1-7,12-13H,8-11,14H2/p+2. The molecular formula is C18H21ClN6S+2. The van der Waals surface area contributed by atoms with Crippen LogP contribution in [0.25, 0.3) is 5.69 Å². The molecule has 1 saturated heterocycles. The Labute approximate surface area is 162 Å². The van der Waals surface area contributed by atoms with Crippen molar-refractivity contribution >= 4 is 29.6 Å². The van der Waals surface area contributed by atoms with Gasteiger partial charge >= 0.3 is 0 Å². The summed E-state index contributed by atoms with van der Waals surface area (Å²) < 4.78 is 4.49. The van der Waals surface area contributed by atoms with Crippen LogP contribution in [-0.2, 0) is 6.67 Å². The average Bonchev–Trinajstić information content (AvgIpc) is 3.03. The van der Waals surface area contributed by atoms with E-state index in [9.17, 15) is 0 Å². The van der Waals surface area contributed by atoms with E-state index in [0.29, 0.717) is 9.79 Å². The summed E-state index contributed by atoms with van der Waals surface area (Å²) in [6.45, 7) is 4.90. The van der Waals surface area contributed by atoms with Crippen LogP contribution in [0.2, 0.25) is 5.02 Å². The third kappa shape index (κ3) is 3.65. The zero-order valence-corrected chi connectivity index (χ0v) is 15.9. The van der Waals surface area contributed by atoms with Gasteiger partial charge in [-0.3, -0.25) is 9.47 Å². The fourth-order valence-corrected chi connectivity index (χ4v) is 3.71. The van der Waals surface area contributed by atoms with Crippen LogP contribution in [0.15, 0.2) is 55.0 Å². The molecule has 6 nitrogen and oxygen atoms in total. The van der Waals surface area contributed by atoms with Crippen LogP contribution < -0.4 is 14.8 Å². The van der Waals surface area contributed by atoms with Gasteiger partial charge in [0.25, 0.3) is 5.82 Å². The van der Waals surface area contributed by atoms with E-state index < -0.39 is 0 Å². The minimum Gasteiger partial charge on any atom is -0.310 e. The number of anilines is 1. The molecule has 4 rings (SSSR count). The molecule has 0 bridgehead atoms. The quantitative estimate of drug-likeness (QED) is 0.684. The fraction of sp³-hybridized carbons (Fsp3) is 0.278. The lowest BCUT2D eigenvalue weighted by atomic mass is 10.3. The molecule has 0 spiro atoms. The Kier molecular flexibility index (Phi) is 5.01. The molecule has 3 aromatic rings. The van der Waals surface area contributed by atoms with E-state index in [1.165, 1.54) is 10.7 Å². The molecule has 8 heteroatoms. The Hall–Kier alpha value is -2.22. The predicted molar refractivity (Wildman–Crippen MR) is 103 cm³/mol. The molecule has 0 aliphatic carbocycles. The van der Waals surface area contributed by atoms with Crippen LogP contribution in [0.5, 0.6) is 0 Å². The number of nitrogens with one attached hydrogen (secondary N) is 2. The fourth-order valence-electron chi connectivity index (χ4n) is 3.26. The number of nitrogens with zero attached hydrogens (tertiary/aromatic N) is 4. The van der Waals surface area contributed by atoms with E-state index in [1.807, 2.05) is 45.8 Å². The second kappa shape index (κ2) is 7.57. The van der Waals surface area contributed by atoms with Crippen molar-refractivity contribution in [1.82, 2.24) is 14.3 Å². The summed E-state index contributed by atoms with van der Waals surface area (Å²) >= 11 is 11.7. The summed E-state index contributed by atoms with van der Waals surface area (Å²) in [5.74, 6) is 1.17. The highest BCUT2D eigenvalue weighted by Gasteiger charge is 2.26. The van der Waals surface area contributed by atoms with Gasteiger partial charge in [0.1, 0.15) is 32.5 Å². The predicted octanol–water partition coefficient (Wildman–Crippen LogP) is 1.23. The van der Waals surface area contributed by atoms with E-state index in [0.717, 1.165) is 38.5 Å². The van der Waals surface area contributed by atoms with E-state index in [-0.39, 0.29) is 0 Å². The number of quaternary nitrogens is 1. The van der Waals surface area contributed by atoms with Crippen LogP contribution in [0.4, 0.5) is 5.82 Å². The Morgan fingerprint density at radius 2 is 2.00 bits per heavy atom. The van der Waals surface area contributed by atoms with E-state index in [2.05, 4.69) is 27.1 Å². The molecular weight excluding hydrogens is 368 g/mol. The molecule has 1 aromatic carbocycles. The number of piperazine rings is 1. The van der Waals surface area contributed by atoms with Gasteiger partial charge in [0.2, 0.25) is 4.77 Å². The van der Waals surface area contributed by atoms with Gasteiger partial charge < -0.3 is 4.90 Å². The molecule has 26 heavy (non-hydrogen) atoms. The number of aromatic nitrogens is 4. The van der Waals surface area contributed by atoms with E-state index in [4.69, 9.17) is 23.8 Å². The van der Waals surface area contributed by atoms with Crippen molar-refractivity contribution in [2.45, 2.75) is 6.67 Å². The van der Waals surface area contributed by atoms with Crippen molar-refractivity contribution in [2.75, 3.05) is 31.1 Å². The molecule has 0 atom stereocenters. The van der Waals surface area contributed by atoms with Crippen LogP contribution >= 0.6 is 23.8 Å². The van der Waals surface area contributed by atoms with Crippen molar-refractivity contribution < 1.29 is 9.88 Å². The maximum atomic E-state index is 6.09. The Balaban J connectivity index is 1.42. The highest BCUT2D eigenvalue weighted by Crippen LogP contribution is 2.15. The molecule has 3 heterocycles. The molecule has 1 aliphatic heterocycles. The van der Waals surface area contributed by atoms with Gasteiger partial charge in [-0.2, -0.15) is 9.78 Å². The first kappa shape index (κ1) is 17.2. The normalized spacial score (nSPS) is 15.3. The summed E-state index contributed by atoms with van der Waals surface area (Å²) in [4.78, 5) is 7.16. The van der Waals surface area contributed by atoms with Crippen molar-refractivity contribution in [3.8, 4) is 5.69 Å². The SMILES string of the molecule is S=c1n(-c2cccc(Cl)c2)cnn1C[NH+]1CCN(c2cccc[nH+]2)CC1. The first-order valence-corrected chi connectivity index (χ1v) is 9.45. The highest BCUT2D eigenvalue weighted by atomic mass is 35.5. The van der Waals surface area contributed by atoms with Crippen molar-refractivity contribution in [3.63, 3.8) is 0 Å². The average molecular weight is 389 g/mol. The molecule has 0 amide bonds. The lowest BCUT2D eigenvalue weighted by molar-refractivity contribution is -0.924. The molecule has 0 radical (unpaired) electrons. The van der Waals surface area contributed by atoms with Gasteiger partial charge in [-0.05, 0) is 36.5 Å². The van der Waals surface area contributed by atoms with Crippen LogP contribution in [0, 0.1) is 4.77 Å². The zero-order valence-electron chi connectivity index (χ0n) is 14.3. The highest BCUT2D eigenvalue weighted by molar-refractivity contribution is 7.71. The number of halogens is 1. The summed E-state index contributed by atoms with van der Waals surface area (Å²) in [6.07, 6.45) is 3.74. The third-order valence-electron chi connectivity index (χ3n) is 4.70. The van der Waals surface area contributed by atoms with Crippen molar-refractivity contribution in [1.29, 1.82) is 0 Å². The zero-order chi connectivity index (χ0) is 17.9. The topological polar surface area (TPSA) is 44.6 Å². The van der Waals surface area contributed by atoms with Crippen molar-refractivity contribution in [2.24, 2.45) is 0 Å². The third-order valence-corrected chi connectivity index (χ3v) is 5.34. The maximum absolute atomic E-state index is 6.09. The number of hydrogen-bond donors (Lipinski definition) is 1. The molecule has 1 aliphatic rings. The molecule has 1 fully saturated rings. The number of pyridine rings is 1. The molecule has 0 saturated carbocycles. The van der Waals surface area contributed by atoms with E-state index in [1.54, 1.807) is 6.33 Å². The second-order valence-corrected chi connectivity index (χ2v) is 7.21. The van der Waals surface area contributed by atoms with Gasteiger partial charge in [-0.1, -0.05) is 23.7 Å². The van der Waals surface area contributed by atoms with Gasteiger partial charge in [0, 0.05) is 11.1 Å². The van der Waals surface area contributed by atoms with Gasteiger partial charge in [-0.25, -0.2) is 4.98 Å². The number of H-pyrrole nitrogens is 1. The molecule has 134 valence electrons. The summed E-state index contributed by atoms with van der Waals surface area (Å²) in [5.41, 5.74) is 0.938. The Bertz CT molecular complexity index is 930. The molecule has 2 N–H and O–H groups in total. The van der Waals surface area contributed by atoms with Crippen LogP contribution in [0.3, 0.4) is 0 Å². The summed E-state index contributed by atoms with van der Waals surface area (Å²) in [5, 5.41) is 5.18. The summed E-state index contributed by atoms with van der Waals surface area (Å²) in [7, 11) is 0. The Morgan fingerprint density at radius 3 is 2.73 bits per heavy atom. The largest absolute Gasteiger partial charge is 0.310 e. The number of rotatable bonds is 4. The van der Waals surface area contributed by atoms with Gasteiger partial charge in [0.15, 0.2) is 6.67 Å². The minimum atomic E-state index is 0.691. The lowest BCUT2D eigenvalue weighted by Gasteiger charge is -2.27. The van der Waals surface area contributed by atoms with Gasteiger partial charge in [-0.15, -0.1) is 0 Å². The molecule has 2 aromatic heterocycles.